The fourth-order valence-electron chi connectivity index (χ4n) is 2.07. The fraction of sp³-hybridized carbons (Fsp3) is 0.263. The van der Waals surface area contributed by atoms with Crippen LogP contribution >= 0.6 is 0 Å². The lowest BCUT2D eigenvalue weighted by Gasteiger charge is -2.12. The van der Waals surface area contributed by atoms with E-state index in [2.05, 4.69) is 5.32 Å². The van der Waals surface area contributed by atoms with Gasteiger partial charge in [0.15, 0.2) is 0 Å². The van der Waals surface area contributed by atoms with Gasteiger partial charge in [0.1, 0.15) is 31.3 Å². The van der Waals surface area contributed by atoms with Crippen LogP contribution in [0.5, 0.6) is 11.5 Å². The van der Waals surface area contributed by atoms with Crippen LogP contribution in [0.3, 0.4) is 0 Å². The Kier molecular flexibility index (Phi) is 7.31. The molecule has 0 radical (unpaired) electrons. The van der Waals surface area contributed by atoms with Gasteiger partial charge >= 0.3 is 5.97 Å². The number of hydrogen-bond donors (Lipinski definition) is 1. The van der Waals surface area contributed by atoms with E-state index in [0.717, 1.165) is 5.75 Å². The number of nitrogens with one attached hydrogen (secondary N) is 1. The van der Waals surface area contributed by atoms with Crippen LogP contribution in [0.25, 0.3) is 0 Å². The molecule has 0 aromatic heterocycles. The SMILES string of the molecule is CCOC(=O)CNC(=O)c1ccccc1OCCOc1ccccc1. The molecule has 132 valence electrons. The van der Waals surface area contributed by atoms with E-state index in [0.29, 0.717) is 17.9 Å². The van der Waals surface area contributed by atoms with Gasteiger partial charge in [0.05, 0.1) is 12.2 Å². The Bertz CT molecular complexity index is 687. The lowest BCUT2D eigenvalue weighted by atomic mass is 10.2. The van der Waals surface area contributed by atoms with Crippen molar-refractivity contribution in [3.8, 4) is 11.5 Å². The van der Waals surface area contributed by atoms with E-state index in [1.165, 1.54) is 0 Å². The summed E-state index contributed by atoms with van der Waals surface area (Å²) in [6.07, 6.45) is 0. The van der Waals surface area contributed by atoms with Crippen molar-refractivity contribution in [3.63, 3.8) is 0 Å². The first-order valence-corrected chi connectivity index (χ1v) is 8.04. The standard InChI is InChI=1S/C19H21NO5/c1-2-23-18(21)14-20-19(22)16-10-6-7-11-17(16)25-13-12-24-15-8-4-3-5-9-15/h3-11H,2,12-14H2,1H3,(H,20,22). The first kappa shape index (κ1) is 18.3. The molecule has 6 nitrogen and oxygen atoms in total. The minimum atomic E-state index is -0.481. The number of amides is 1. The fourth-order valence-corrected chi connectivity index (χ4v) is 2.07. The molecule has 0 aliphatic heterocycles. The maximum absolute atomic E-state index is 12.2. The molecule has 2 aromatic carbocycles. The molecule has 0 unspecified atom stereocenters. The van der Waals surface area contributed by atoms with Crippen molar-refractivity contribution >= 4 is 11.9 Å². The molecule has 25 heavy (non-hydrogen) atoms. The van der Waals surface area contributed by atoms with Gasteiger partial charge in [-0.3, -0.25) is 9.59 Å². The number of carbonyl (C=O) groups excluding carboxylic acids is 2. The van der Waals surface area contributed by atoms with Crippen molar-refractivity contribution in [3.05, 3.63) is 60.2 Å². The van der Waals surface area contributed by atoms with Gasteiger partial charge in [0, 0.05) is 0 Å². The summed E-state index contributed by atoms with van der Waals surface area (Å²) >= 11 is 0. The van der Waals surface area contributed by atoms with Gasteiger partial charge in [-0.1, -0.05) is 30.3 Å². The summed E-state index contributed by atoms with van der Waals surface area (Å²) in [5.74, 6) is 0.310. The highest BCUT2D eigenvalue weighted by Gasteiger charge is 2.13. The summed E-state index contributed by atoms with van der Waals surface area (Å²) in [5.41, 5.74) is 0.353. The third kappa shape index (κ3) is 6.18. The third-order valence-corrected chi connectivity index (χ3v) is 3.18. The zero-order valence-electron chi connectivity index (χ0n) is 14.1. The molecule has 1 amide bonds. The van der Waals surface area contributed by atoms with Gasteiger partial charge in [-0.15, -0.1) is 0 Å². The Labute approximate surface area is 146 Å². The number of benzene rings is 2. The van der Waals surface area contributed by atoms with E-state index in [1.54, 1.807) is 31.2 Å². The highest BCUT2D eigenvalue weighted by atomic mass is 16.5. The second kappa shape index (κ2) is 9.97. The number of esters is 1. The molecular weight excluding hydrogens is 322 g/mol. The highest BCUT2D eigenvalue weighted by Crippen LogP contribution is 2.18. The monoisotopic (exact) mass is 343 g/mol. The molecule has 0 bridgehead atoms. The molecule has 6 heteroatoms. The van der Waals surface area contributed by atoms with Gasteiger partial charge in [0.2, 0.25) is 0 Å². The molecule has 0 heterocycles. The van der Waals surface area contributed by atoms with Crippen LogP contribution in [-0.2, 0) is 9.53 Å². The van der Waals surface area contributed by atoms with Crippen LogP contribution in [0.1, 0.15) is 17.3 Å². The highest BCUT2D eigenvalue weighted by molar-refractivity contribution is 5.98. The molecule has 0 fully saturated rings. The number of hydrogen-bond acceptors (Lipinski definition) is 5. The predicted octanol–water partition coefficient (Wildman–Crippen LogP) is 2.44. The van der Waals surface area contributed by atoms with Gasteiger partial charge in [-0.2, -0.15) is 0 Å². The second-order valence-corrected chi connectivity index (χ2v) is 4.99. The second-order valence-electron chi connectivity index (χ2n) is 4.99. The zero-order valence-corrected chi connectivity index (χ0v) is 14.1. The summed E-state index contributed by atoms with van der Waals surface area (Å²) in [5, 5.41) is 2.52. The Hall–Kier alpha value is -3.02. The average Bonchev–Trinajstić information content (AvgIpc) is 2.65. The van der Waals surface area contributed by atoms with Crippen molar-refractivity contribution in [2.24, 2.45) is 0 Å². The zero-order chi connectivity index (χ0) is 17.9. The maximum atomic E-state index is 12.2. The van der Waals surface area contributed by atoms with Crippen molar-refractivity contribution in [2.75, 3.05) is 26.4 Å². The van der Waals surface area contributed by atoms with Crippen LogP contribution < -0.4 is 14.8 Å². The summed E-state index contributed by atoms with van der Waals surface area (Å²) < 4.78 is 16.0. The third-order valence-electron chi connectivity index (χ3n) is 3.18. The first-order valence-electron chi connectivity index (χ1n) is 8.04. The van der Waals surface area contributed by atoms with E-state index in [9.17, 15) is 9.59 Å². The minimum Gasteiger partial charge on any atom is -0.490 e. The number of carbonyl (C=O) groups is 2. The van der Waals surface area contributed by atoms with Crippen molar-refractivity contribution in [1.29, 1.82) is 0 Å². The van der Waals surface area contributed by atoms with Crippen molar-refractivity contribution in [2.45, 2.75) is 6.92 Å². The van der Waals surface area contributed by atoms with E-state index in [1.807, 2.05) is 30.3 Å². The lowest BCUT2D eigenvalue weighted by molar-refractivity contribution is -0.141. The van der Waals surface area contributed by atoms with E-state index in [4.69, 9.17) is 14.2 Å². The topological polar surface area (TPSA) is 73.9 Å². The van der Waals surface area contributed by atoms with Crippen LogP contribution in [-0.4, -0.2) is 38.2 Å². The van der Waals surface area contributed by atoms with Crippen LogP contribution in [0, 0.1) is 0 Å². The maximum Gasteiger partial charge on any atom is 0.325 e. The lowest BCUT2D eigenvalue weighted by Crippen LogP contribution is -2.31. The molecule has 0 aliphatic rings. The molecule has 0 atom stereocenters. The summed E-state index contributed by atoms with van der Waals surface area (Å²) in [7, 11) is 0. The predicted molar refractivity (Wildman–Crippen MR) is 92.8 cm³/mol. The van der Waals surface area contributed by atoms with Crippen LogP contribution in [0.15, 0.2) is 54.6 Å². The Morgan fingerprint density at radius 2 is 1.60 bits per heavy atom. The minimum absolute atomic E-state index is 0.182. The smallest absolute Gasteiger partial charge is 0.325 e. The molecular formula is C19H21NO5. The largest absolute Gasteiger partial charge is 0.490 e. The van der Waals surface area contributed by atoms with E-state index in [-0.39, 0.29) is 19.8 Å². The number of para-hydroxylation sites is 2. The Balaban J connectivity index is 1.84. The van der Waals surface area contributed by atoms with Crippen LogP contribution in [0.4, 0.5) is 0 Å². The average molecular weight is 343 g/mol. The molecule has 2 aromatic rings. The summed E-state index contributed by atoms with van der Waals surface area (Å²) in [6.45, 7) is 2.44. The summed E-state index contributed by atoms with van der Waals surface area (Å²) in [4.78, 5) is 23.5. The van der Waals surface area contributed by atoms with E-state index < -0.39 is 11.9 Å². The first-order chi connectivity index (χ1) is 12.2. The molecule has 1 N–H and O–H groups in total. The molecule has 0 aliphatic carbocycles. The van der Waals surface area contributed by atoms with Crippen LogP contribution in [0.2, 0.25) is 0 Å². The van der Waals surface area contributed by atoms with Crippen molar-refractivity contribution in [1.82, 2.24) is 5.32 Å². The molecule has 0 saturated carbocycles. The van der Waals surface area contributed by atoms with Gasteiger partial charge < -0.3 is 19.5 Å². The number of rotatable bonds is 9. The van der Waals surface area contributed by atoms with Gasteiger partial charge in [-0.25, -0.2) is 0 Å². The normalized spacial score (nSPS) is 9.96. The summed E-state index contributed by atoms with van der Waals surface area (Å²) in [6, 6.07) is 16.2. The Morgan fingerprint density at radius 1 is 0.920 bits per heavy atom. The van der Waals surface area contributed by atoms with Crippen molar-refractivity contribution < 1.29 is 23.8 Å². The van der Waals surface area contributed by atoms with Gasteiger partial charge in [0.25, 0.3) is 5.91 Å². The molecule has 0 saturated heterocycles. The van der Waals surface area contributed by atoms with E-state index >= 15 is 0 Å². The molecule has 0 spiro atoms. The quantitative estimate of drug-likeness (QED) is 0.559. The van der Waals surface area contributed by atoms with Gasteiger partial charge in [-0.05, 0) is 31.2 Å². The molecule has 2 rings (SSSR count). The Morgan fingerprint density at radius 3 is 2.36 bits per heavy atom. The number of ether oxygens (including phenoxy) is 3.